The molecular weight excluding hydrogens is 292 g/mol. The van der Waals surface area contributed by atoms with E-state index in [2.05, 4.69) is 23.8 Å². The first-order chi connectivity index (χ1) is 9.98. The van der Waals surface area contributed by atoms with Gasteiger partial charge in [-0.25, -0.2) is 0 Å². The predicted octanol–water partition coefficient (Wildman–Crippen LogP) is 1.29. The minimum Gasteiger partial charge on any atom is -0.383 e. The van der Waals surface area contributed by atoms with Crippen LogP contribution in [0, 0.1) is 0 Å². The summed E-state index contributed by atoms with van der Waals surface area (Å²) in [4.78, 5) is 2.35. The van der Waals surface area contributed by atoms with Crippen LogP contribution in [-0.4, -0.2) is 60.2 Å². The Hall–Kier alpha value is -0.660. The molecule has 0 spiro atoms. The largest absolute Gasteiger partial charge is 0.383 e. The highest BCUT2D eigenvalue weighted by atomic mass is 35.5. The zero-order valence-corrected chi connectivity index (χ0v) is 13.8. The molecule has 1 aromatic heterocycles. The van der Waals surface area contributed by atoms with Crippen molar-refractivity contribution in [1.82, 2.24) is 14.7 Å². The van der Waals surface area contributed by atoms with Crippen LogP contribution < -0.4 is 5.73 Å². The number of aromatic nitrogens is 2. The standard InChI is InChI=1S/C14H25ClN4O2/c1-14(2,18-4-8-21-9-5-18)13(16)12-11(15)10-17-19(12)6-7-20-3/h10,13H,4-9,16H2,1-3H3. The third kappa shape index (κ3) is 3.57. The molecule has 1 fully saturated rings. The maximum absolute atomic E-state index is 6.55. The number of rotatable bonds is 6. The number of nitrogens with zero attached hydrogens (tertiary/aromatic N) is 3. The average Bonchev–Trinajstić information content (AvgIpc) is 2.86. The highest BCUT2D eigenvalue weighted by Crippen LogP contribution is 2.33. The molecule has 0 aromatic carbocycles. The molecule has 1 unspecified atom stereocenters. The Morgan fingerprint density at radius 2 is 2.14 bits per heavy atom. The summed E-state index contributed by atoms with van der Waals surface area (Å²) in [5.41, 5.74) is 7.19. The minimum atomic E-state index is -0.234. The maximum atomic E-state index is 6.55. The lowest BCUT2D eigenvalue weighted by Gasteiger charge is -2.44. The van der Waals surface area contributed by atoms with Crippen molar-refractivity contribution in [1.29, 1.82) is 0 Å². The average molecular weight is 317 g/mol. The van der Waals surface area contributed by atoms with Crippen LogP contribution in [0.1, 0.15) is 25.6 Å². The van der Waals surface area contributed by atoms with Crippen molar-refractivity contribution in [3.05, 3.63) is 16.9 Å². The summed E-state index contributed by atoms with van der Waals surface area (Å²) in [5.74, 6) is 0. The second-order valence-corrected chi connectivity index (χ2v) is 6.23. The number of halogens is 1. The van der Waals surface area contributed by atoms with Gasteiger partial charge in [0, 0.05) is 25.7 Å². The van der Waals surface area contributed by atoms with Crippen molar-refractivity contribution in [3.63, 3.8) is 0 Å². The maximum Gasteiger partial charge on any atom is 0.0834 e. The van der Waals surface area contributed by atoms with Crippen LogP contribution in [0.3, 0.4) is 0 Å². The van der Waals surface area contributed by atoms with Gasteiger partial charge in [-0.1, -0.05) is 11.6 Å². The van der Waals surface area contributed by atoms with Crippen LogP contribution in [0.4, 0.5) is 0 Å². The van der Waals surface area contributed by atoms with Crippen LogP contribution in [0.5, 0.6) is 0 Å². The van der Waals surface area contributed by atoms with Gasteiger partial charge >= 0.3 is 0 Å². The topological polar surface area (TPSA) is 65.5 Å². The molecule has 2 N–H and O–H groups in total. The molecule has 120 valence electrons. The molecule has 6 nitrogen and oxygen atoms in total. The van der Waals surface area contributed by atoms with E-state index < -0.39 is 0 Å². The van der Waals surface area contributed by atoms with Crippen molar-refractivity contribution in [2.24, 2.45) is 5.73 Å². The summed E-state index contributed by atoms with van der Waals surface area (Å²) in [6.45, 7) is 8.76. The molecule has 0 radical (unpaired) electrons. The zero-order chi connectivity index (χ0) is 15.5. The van der Waals surface area contributed by atoms with Gasteiger partial charge < -0.3 is 15.2 Å². The molecule has 0 aliphatic carbocycles. The Bertz CT molecular complexity index is 458. The van der Waals surface area contributed by atoms with Gasteiger partial charge in [0.2, 0.25) is 0 Å². The van der Waals surface area contributed by atoms with E-state index in [1.54, 1.807) is 13.3 Å². The quantitative estimate of drug-likeness (QED) is 0.857. The lowest BCUT2D eigenvalue weighted by atomic mass is 9.90. The number of hydrogen-bond acceptors (Lipinski definition) is 5. The second-order valence-electron chi connectivity index (χ2n) is 5.82. The fourth-order valence-corrected chi connectivity index (χ4v) is 2.97. The van der Waals surface area contributed by atoms with Crippen LogP contribution >= 0.6 is 11.6 Å². The second kappa shape index (κ2) is 7.07. The number of ether oxygens (including phenoxy) is 2. The summed E-state index contributed by atoms with van der Waals surface area (Å²) in [6, 6.07) is -0.234. The Morgan fingerprint density at radius 3 is 2.76 bits per heavy atom. The fraction of sp³-hybridized carbons (Fsp3) is 0.786. The van der Waals surface area contributed by atoms with Crippen molar-refractivity contribution < 1.29 is 9.47 Å². The number of methoxy groups -OCH3 is 1. The van der Waals surface area contributed by atoms with Crippen LogP contribution in [0.25, 0.3) is 0 Å². The number of hydrogen-bond donors (Lipinski definition) is 1. The summed E-state index contributed by atoms with van der Waals surface area (Å²) in [5, 5.41) is 4.93. The normalized spacial score (nSPS) is 18.9. The molecule has 0 bridgehead atoms. The predicted molar refractivity (Wildman–Crippen MR) is 82.5 cm³/mol. The molecular formula is C14H25ClN4O2. The first-order valence-corrected chi connectivity index (χ1v) is 7.64. The molecule has 1 aromatic rings. The summed E-state index contributed by atoms with van der Waals surface area (Å²) < 4.78 is 12.4. The van der Waals surface area contributed by atoms with Crippen LogP contribution in [0.15, 0.2) is 6.20 Å². The van der Waals surface area contributed by atoms with E-state index in [1.165, 1.54) is 0 Å². The zero-order valence-electron chi connectivity index (χ0n) is 13.0. The van der Waals surface area contributed by atoms with Gasteiger partial charge in [0.1, 0.15) is 0 Å². The first kappa shape index (κ1) is 16.7. The van der Waals surface area contributed by atoms with E-state index in [0.29, 0.717) is 18.2 Å². The van der Waals surface area contributed by atoms with E-state index in [0.717, 1.165) is 32.0 Å². The van der Waals surface area contributed by atoms with Crippen molar-refractivity contribution in [2.45, 2.75) is 32.0 Å². The fourth-order valence-electron chi connectivity index (χ4n) is 2.71. The SMILES string of the molecule is COCCn1ncc(Cl)c1C(N)C(C)(C)N1CCOCC1. The highest BCUT2D eigenvalue weighted by molar-refractivity contribution is 6.31. The van der Waals surface area contributed by atoms with Crippen LogP contribution in [0.2, 0.25) is 5.02 Å². The van der Waals surface area contributed by atoms with E-state index in [-0.39, 0.29) is 11.6 Å². The molecule has 2 rings (SSSR count). The molecule has 1 atom stereocenters. The molecule has 2 heterocycles. The van der Waals surface area contributed by atoms with Gasteiger partial charge in [-0.3, -0.25) is 9.58 Å². The lowest BCUT2D eigenvalue weighted by molar-refractivity contribution is -0.0200. The lowest BCUT2D eigenvalue weighted by Crippen LogP contribution is -2.55. The Labute approximate surface area is 131 Å². The monoisotopic (exact) mass is 316 g/mol. The Morgan fingerprint density at radius 1 is 1.48 bits per heavy atom. The molecule has 0 saturated carbocycles. The summed E-state index contributed by atoms with van der Waals surface area (Å²) >= 11 is 6.32. The number of nitrogens with two attached hydrogens (primary N) is 1. The van der Waals surface area contributed by atoms with Crippen LogP contribution in [-0.2, 0) is 16.0 Å². The molecule has 7 heteroatoms. The minimum absolute atomic E-state index is 0.224. The van der Waals surface area contributed by atoms with Crippen molar-refractivity contribution >= 4 is 11.6 Å². The third-order valence-electron chi connectivity index (χ3n) is 4.22. The van der Waals surface area contributed by atoms with Gasteiger partial charge in [0.25, 0.3) is 0 Å². The van der Waals surface area contributed by atoms with Gasteiger partial charge in [-0.05, 0) is 13.8 Å². The van der Waals surface area contributed by atoms with Crippen molar-refractivity contribution in [3.8, 4) is 0 Å². The van der Waals surface area contributed by atoms with Gasteiger partial charge in [-0.2, -0.15) is 5.10 Å². The van der Waals surface area contributed by atoms with E-state index in [1.807, 2.05) is 4.68 Å². The Balaban J connectivity index is 2.21. The van der Waals surface area contributed by atoms with Crippen molar-refractivity contribution in [2.75, 3.05) is 40.0 Å². The number of morpholine rings is 1. The van der Waals surface area contributed by atoms with Gasteiger partial charge in [0.15, 0.2) is 0 Å². The first-order valence-electron chi connectivity index (χ1n) is 7.27. The third-order valence-corrected chi connectivity index (χ3v) is 4.51. The molecule has 21 heavy (non-hydrogen) atoms. The molecule has 1 aliphatic rings. The smallest absolute Gasteiger partial charge is 0.0834 e. The molecule has 0 amide bonds. The molecule has 1 saturated heterocycles. The van der Waals surface area contributed by atoms with Gasteiger partial charge in [-0.15, -0.1) is 0 Å². The van der Waals surface area contributed by atoms with E-state index >= 15 is 0 Å². The Kier molecular flexibility index (Phi) is 5.62. The molecule has 1 aliphatic heterocycles. The summed E-state index contributed by atoms with van der Waals surface area (Å²) in [6.07, 6.45) is 1.65. The summed E-state index contributed by atoms with van der Waals surface area (Å²) in [7, 11) is 1.67. The van der Waals surface area contributed by atoms with E-state index in [4.69, 9.17) is 26.8 Å². The highest BCUT2D eigenvalue weighted by Gasteiger charge is 2.37. The van der Waals surface area contributed by atoms with E-state index in [9.17, 15) is 0 Å². The van der Waals surface area contributed by atoms with Gasteiger partial charge in [0.05, 0.1) is 49.3 Å².